The molecule has 80 valence electrons. The van der Waals surface area contributed by atoms with Crippen LogP contribution in [0.5, 0.6) is 0 Å². The molecule has 0 aromatic rings. The summed E-state index contributed by atoms with van der Waals surface area (Å²) in [5, 5.41) is 0. The zero-order valence-electron chi connectivity index (χ0n) is 8.90. The Morgan fingerprint density at radius 3 is 2.21 bits per heavy atom. The van der Waals surface area contributed by atoms with Crippen LogP contribution in [-0.2, 0) is 9.53 Å². The third-order valence-electron chi connectivity index (χ3n) is 1.47. The maximum absolute atomic E-state index is 11.5. The first-order chi connectivity index (χ1) is 6.25. The van der Waals surface area contributed by atoms with E-state index in [1.807, 2.05) is 0 Å². The molecule has 0 aromatic heterocycles. The standard InChI is InChI=1S/C9H16N2O3/c1-9(2,14-8(10)13)7(12)5-6-11(3)4/h5-6H,1-4H3,(H2,10,13). The summed E-state index contributed by atoms with van der Waals surface area (Å²) in [6, 6.07) is 0. The van der Waals surface area contributed by atoms with Crippen molar-refractivity contribution in [3.8, 4) is 0 Å². The molecule has 0 saturated carbocycles. The quantitative estimate of drug-likeness (QED) is 0.671. The van der Waals surface area contributed by atoms with Crippen molar-refractivity contribution in [2.75, 3.05) is 14.1 Å². The molecule has 14 heavy (non-hydrogen) atoms. The maximum atomic E-state index is 11.5. The number of amides is 1. The molecule has 0 atom stereocenters. The van der Waals surface area contributed by atoms with E-state index in [2.05, 4.69) is 4.74 Å². The summed E-state index contributed by atoms with van der Waals surface area (Å²) < 4.78 is 4.65. The third-order valence-corrected chi connectivity index (χ3v) is 1.47. The van der Waals surface area contributed by atoms with Gasteiger partial charge in [-0.05, 0) is 13.8 Å². The van der Waals surface area contributed by atoms with E-state index in [-0.39, 0.29) is 5.78 Å². The predicted molar refractivity (Wildman–Crippen MR) is 52.6 cm³/mol. The van der Waals surface area contributed by atoms with Gasteiger partial charge in [-0.15, -0.1) is 0 Å². The number of carbonyl (C=O) groups excluding carboxylic acids is 2. The van der Waals surface area contributed by atoms with Crippen LogP contribution in [0.15, 0.2) is 12.3 Å². The monoisotopic (exact) mass is 200 g/mol. The minimum atomic E-state index is -1.21. The van der Waals surface area contributed by atoms with Crippen molar-refractivity contribution in [3.05, 3.63) is 12.3 Å². The van der Waals surface area contributed by atoms with E-state index in [4.69, 9.17) is 5.73 Å². The molecular weight excluding hydrogens is 184 g/mol. The smallest absolute Gasteiger partial charge is 0.405 e. The molecule has 0 aliphatic heterocycles. The van der Waals surface area contributed by atoms with Crippen molar-refractivity contribution < 1.29 is 14.3 Å². The molecule has 0 aliphatic carbocycles. The van der Waals surface area contributed by atoms with Gasteiger partial charge in [-0.25, -0.2) is 4.79 Å². The molecule has 1 amide bonds. The summed E-state index contributed by atoms with van der Waals surface area (Å²) in [5.41, 5.74) is 3.61. The van der Waals surface area contributed by atoms with Crippen LogP contribution in [0.2, 0.25) is 0 Å². The lowest BCUT2D eigenvalue weighted by Crippen LogP contribution is -2.38. The molecule has 0 radical (unpaired) electrons. The second-order valence-corrected chi connectivity index (χ2v) is 3.58. The number of ketones is 1. The maximum Gasteiger partial charge on any atom is 0.405 e. The Morgan fingerprint density at radius 1 is 1.36 bits per heavy atom. The molecule has 0 rings (SSSR count). The van der Waals surface area contributed by atoms with Gasteiger partial charge in [0.25, 0.3) is 0 Å². The number of rotatable bonds is 4. The summed E-state index contributed by atoms with van der Waals surface area (Å²) in [7, 11) is 3.57. The van der Waals surface area contributed by atoms with Crippen molar-refractivity contribution in [2.24, 2.45) is 5.73 Å². The summed E-state index contributed by atoms with van der Waals surface area (Å²) in [5.74, 6) is -0.315. The molecule has 0 unspecified atom stereocenters. The Balaban J connectivity index is 4.43. The Morgan fingerprint density at radius 2 is 1.86 bits per heavy atom. The number of nitrogens with zero attached hydrogens (tertiary/aromatic N) is 1. The highest BCUT2D eigenvalue weighted by atomic mass is 16.6. The van der Waals surface area contributed by atoms with E-state index in [9.17, 15) is 9.59 Å². The first-order valence-electron chi connectivity index (χ1n) is 4.13. The van der Waals surface area contributed by atoms with Crippen molar-refractivity contribution in [1.29, 1.82) is 0 Å². The largest absolute Gasteiger partial charge is 0.435 e. The van der Waals surface area contributed by atoms with Gasteiger partial charge < -0.3 is 15.4 Å². The lowest BCUT2D eigenvalue weighted by Gasteiger charge is -2.20. The van der Waals surface area contributed by atoms with Crippen LogP contribution in [0.1, 0.15) is 13.8 Å². The van der Waals surface area contributed by atoms with Crippen LogP contribution in [0.25, 0.3) is 0 Å². The Bertz CT molecular complexity index is 257. The topological polar surface area (TPSA) is 72.6 Å². The summed E-state index contributed by atoms with van der Waals surface area (Å²) in [6.45, 7) is 2.97. The Kier molecular flexibility index (Phi) is 4.14. The average Bonchev–Trinajstić information content (AvgIpc) is 1.97. The molecule has 5 heteroatoms. The fourth-order valence-corrected chi connectivity index (χ4v) is 0.719. The van der Waals surface area contributed by atoms with Crippen LogP contribution >= 0.6 is 0 Å². The number of ether oxygens (including phenoxy) is 1. The average molecular weight is 200 g/mol. The fourth-order valence-electron chi connectivity index (χ4n) is 0.719. The normalized spacial score (nSPS) is 11.4. The lowest BCUT2D eigenvalue weighted by atomic mass is 10.0. The SMILES string of the molecule is CN(C)C=CC(=O)C(C)(C)OC(N)=O. The summed E-state index contributed by atoms with van der Waals surface area (Å²) >= 11 is 0. The molecule has 0 spiro atoms. The molecule has 0 aromatic carbocycles. The fraction of sp³-hybridized carbons (Fsp3) is 0.556. The predicted octanol–water partition coefficient (Wildman–Crippen LogP) is 0.505. The van der Waals surface area contributed by atoms with Gasteiger partial charge >= 0.3 is 6.09 Å². The molecular formula is C9H16N2O3. The lowest BCUT2D eigenvalue weighted by molar-refractivity contribution is -0.129. The molecule has 0 bridgehead atoms. The number of hydrogen-bond donors (Lipinski definition) is 1. The van der Waals surface area contributed by atoms with Gasteiger partial charge in [-0.3, -0.25) is 4.79 Å². The van der Waals surface area contributed by atoms with E-state index in [1.165, 1.54) is 19.9 Å². The van der Waals surface area contributed by atoms with Gasteiger partial charge in [-0.2, -0.15) is 0 Å². The van der Waals surface area contributed by atoms with E-state index >= 15 is 0 Å². The number of primary amides is 1. The van der Waals surface area contributed by atoms with Crippen molar-refractivity contribution >= 4 is 11.9 Å². The molecule has 0 heterocycles. The van der Waals surface area contributed by atoms with Crippen LogP contribution < -0.4 is 5.73 Å². The summed E-state index contributed by atoms with van der Waals surface area (Å²) in [4.78, 5) is 23.6. The number of hydrogen-bond acceptors (Lipinski definition) is 4. The second-order valence-electron chi connectivity index (χ2n) is 3.58. The van der Waals surface area contributed by atoms with Crippen LogP contribution in [0.3, 0.4) is 0 Å². The van der Waals surface area contributed by atoms with Gasteiger partial charge in [0.2, 0.25) is 0 Å². The zero-order chi connectivity index (χ0) is 11.4. The molecule has 2 N–H and O–H groups in total. The molecule has 5 nitrogen and oxygen atoms in total. The van der Waals surface area contributed by atoms with E-state index in [0.717, 1.165) is 0 Å². The first kappa shape index (κ1) is 12.5. The Labute approximate surface area is 83.5 Å². The van der Waals surface area contributed by atoms with E-state index < -0.39 is 11.7 Å². The Hall–Kier alpha value is -1.52. The van der Waals surface area contributed by atoms with Crippen molar-refractivity contribution in [3.63, 3.8) is 0 Å². The van der Waals surface area contributed by atoms with E-state index in [0.29, 0.717) is 0 Å². The highest BCUT2D eigenvalue weighted by Crippen LogP contribution is 2.11. The van der Waals surface area contributed by atoms with Gasteiger partial charge in [0.05, 0.1) is 0 Å². The number of nitrogens with two attached hydrogens (primary N) is 1. The van der Waals surface area contributed by atoms with Gasteiger partial charge in [0.15, 0.2) is 11.4 Å². The highest BCUT2D eigenvalue weighted by Gasteiger charge is 2.28. The highest BCUT2D eigenvalue weighted by molar-refractivity contribution is 5.97. The third kappa shape index (κ3) is 4.49. The van der Waals surface area contributed by atoms with Gasteiger partial charge in [0, 0.05) is 26.4 Å². The van der Waals surface area contributed by atoms with Crippen LogP contribution in [0, 0.1) is 0 Å². The molecule has 0 aliphatic rings. The van der Waals surface area contributed by atoms with Gasteiger partial charge in [0.1, 0.15) is 0 Å². The minimum absolute atomic E-state index is 0.315. The molecule has 0 fully saturated rings. The second kappa shape index (κ2) is 4.64. The zero-order valence-corrected chi connectivity index (χ0v) is 8.90. The molecule has 0 saturated heterocycles. The minimum Gasteiger partial charge on any atom is -0.435 e. The first-order valence-corrected chi connectivity index (χ1v) is 4.13. The van der Waals surface area contributed by atoms with Gasteiger partial charge in [-0.1, -0.05) is 0 Å². The summed E-state index contributed by atoms with van der Waals surface area (Å²) in [6.07, 6.45) is 1.96. The van der Waals surface area contributed by atoms with Crippen molar-refractivity contribution in [2.45, 2.75) is 19.4 Å². The van der Waals surface area contributed by atoms with Crippen LogP contribution in [0.4, 0.5) is 4.79 Å². The van der Waals surface area contributed by atoms with Crippen molar-refractivity contribution in [1.82, 2.24) is 4.90 Å². The van der Waals surface area contributed by atoms with E-state index in [1.54, 1.807) is 25.2 Å². The van der Waals surface area contributed by atoms with Crippen LogP contribution in [-0.4, -0.2) is 36.5 Å². The number of carbonyl (C=O) groups is 2.